The molecule has 6 heteroatoms. The molecule has 0 atom stereocenters. The highest BCUT2D eigenvalue weighted by Gasteiger charge is 2.24. The minimum Gasteiger partial charge on any atom is -0.339 e. The molecule has 1 fully saturated rings. The van der Waals surface area contributed by atoms with Crippen LogP contribution >= 0.6 is 0 Å². The van der Waals surface area contributed by atoms with E-state index in [1.54, 1.807) is 18.3 Å². The summed E-state index contributed by atoms with van der Waals surface area (Å²) in [7, 11) is 4.18. The van der Waals surface area contributed by atoms with Gasteiger partial charge in [-0.2, -0.15) is 0 Å². The third-order valence-corrected chi connectivity index (χ3v) is 3.64. The third kappa shape index (κ3) is 3.21. The lowest BCUT2D eigenvalue weighted by Gasteiger charge is -2.35. The van der Waals surface area contributed by atoms with Gasteiger partial charge in [-0.25, -0.2) is 10.8 Å². The lowest BCUT2D eigenvalue weighted by molar-refractivity contribution is 0.0663. The van der Waals surface area contributed by atoms with Crippen molar-refractivity contribution in [1.29, 1.82) is 0 Å². The average Bonchev–Trinajstić information content (AvgIpc) is 2.46. The number of hydrogen-bond acceptors (Lipinski definition) is 5. The number of likely N-dealkylation sites (tertiary alicyclic amines) is 1. The van der Waals surface area contributed by atoms with Gasteiger partial charge >= 0.3 is 0 Å². The van der Waals surface area contributed by atoms with E-state index in [2.05, 4.69) is 29.4 Å². The van der Waals surface area contributed by atoms with Crippen LogP contribution in [0.15, 0.2) is 18.3 Å². The summed E-state index contributed by atoms with van der Waals surface area (Å²) in [6, 6.07) is 3.98. The predicted octanol–water partition coefficient (Wildman–Crippen LogP) is 0.533. The van der Waals surface area contributed by atoms with E-state index in [0.29, 0.717) is 17.4 Å². The van der Waals surface area contributed by atoms with Crippen molar-refractivity contribution >= 4 is 11.7 Å². The van der Waals surface area contributed by atoms with Crippen molar-refractivity contribution in [2.75, 3.05) is 32.6 Å². The normalized spacial score (nSPS) is 16.7. The number of nitrogens with zero attached hydrogens (tertiary/aromatic N) is 3. The van der Waals surface area contributed by atoms with Gasteiger partial charge in [0.2, 0.25) is 0 Å². The summed E-state index contributed by atoms with van der Waals surface area (Å²) >= 11 is 0. The Balaban J connectivity index is 2.01. The van der Waals surface area contributed by atoms with Crippen LogP contribution in [-0.2, 0) is 0 Å². The summed E-state index contributed by atoms with van der Waals surface area (Å²) in [6.07, 6.45) is 3.63. The van der Waals surface area contributed by atoms with E-state index in [0.717, 1.165) is 25.9 Å². The highest BCUT2D eigenvalue weighted by Crippen LogP contribution is 2.17. The van der Waals surface area contributed by atoms with Gasteiger partial charge in [-0.15, -0.1) is 0 Å². The van der Waals surface area contributed by atoms with Crippen molar-refractivity contribution < 1.29 is 4.79 Å². The van der Waals surface area contributed by atoms with E-state index in [-0.39, 0.29) is 5.91 Å². The first-order valence-electron chi connectivity index (χ1n) is 6.50. The molecule has 1 saturated heterocycles. The van der Waals surface area contributed by atoms with Gasteiger partial charge in [0.05, 0.1) is 0 Å². The maximum Gasteiger partial charge on any atom is 0.254 e. The van der Waals surface area contributed by atoms with Gasteiger partial charge in [-0.3, -0.25) is 4.79 Å². The number of nitrogens with two attached hydrogens (primary N) is 1. The molecule has 0 spiro atoms. The van der Waals surface area contributed by atoms with Crippen molar-refractivity contribution in [3.05, 3.63) is 23.9 Å². The number of carbonyl (C=O) groups is 1. The van der Waals surface area contributed by atoms with Crippen LogP contribution in [-0.4, -0.2) is 53.9 Å². The molecule has 1 aromatic rings. The number of hydrazine groups is 1. The quantitative estimate of drug-likeness (QED) is 0.615. The Labute approximate surface area is 113 Å². The number of carbonyl (C=O) groups excluding carboxylic acids is 1. The average molecular weight is 263 g/mol. The highest BCUT2D eigenvalue weighted by molar-refractivity contribution is 5.94. The number of nitrogen functional groups attached to an aromatic ring is 1. The highest BCUT2D eigenvalue weighted by atomic mass is 16.2. The molecule has 0 bridgehead atoms. The molecule has 1 aliphatic rings. The Bertz CT molecular complexity index is 440. The molecule has 6 nitrogen and oxygen atoms in total. The molecule has 104 valence electrons. The molecule has 1 amide bonds. The number of anilines is 1. The lowest BCUT2D eigenvalue weighted by atomic mass is 10.0. The molecule has 1 aliphatic heterocycles. The largest absolute Gasteiger partial charge is 0.339 e. The molecule has 1 aromatic heterocycles. The fourth-order valence-electron chi connectivity index (χ4n) is 2.41. The van der Waals surface area contributed by atoms with E-state index < -0.39 is 0 Å². The second-order valence-electron chi connectivity index (χ2n) is 5.06. The Hall–Kier alpha value is -1.66. The van der Waals surface area contributed by atoms with Crippen LogP contribution in [0.25, 0.3) is 0 Å². The number of piperidine rings is 1. The molecule has 0 aliphatic carbocycles. The predicted molar refractivity (Wildman–Crippen MR) is 74.7 cm³/mol. The fraction of sp³-hybridized carbons (Fsp3) is 0.538. The van der Waals surface area contributed by atoms with Gasteiger partial charge in [0.1, 0.15) is 5.82 Å². The molecular weight excluding hydrogens is 242 g/mol. The first-order valence-corrected chi connectivity index (χ1v) is 6.50. The molecular formula is C13H21N5O. The Morgan fingerprint density at radius 1 is 1.47 bits per heavy atom. The van der Waals surface area contributed by atoms with Crippen LogP contribution in [0.2, 0.25) is 0 Å². The molecule has 2 rings (SSSR count). The van der Waals surface area contributed by atoms with Crippen molar-refractivity contribution in [2.24, 2.45) is 5.84 Å². The van der Waals surface area contributed by atoms with Crippen LogP contribution in [0.5, 0.6) is 0 Å². The lowest BCUT2D eigenvalue weighted by Crippen LogP contribution is -2.44. The zero-order valence-corrected chi connectivity index (χ0v) is 11.5. The summed E-state index contributed by atoms with van der Waals surface area (Å²) in [4.78, 5) is 20.5. The molecule has 0 unspecified atom stereocenters. The van der Waals surface area contributed by atoms with E-state index >= 15 is 0 Å². The molecule has 0 radical (unpaired) electrons. The number of nitrogens with one attached hydrogen (secondary N) is 1. The monoisotopic (exact) mass is 263 g/mol. The molecule has 2 heterocycles. The number of hydrogen-bond donors (Lipinski definition) is 2. The second-order valence-corrected chi connectivity index (χ2v) is 5.06. The Morgan fingerprint density at radius 2 is 2.16 bits per heavy atom. The standard InChI is InChI=1S/C13H21N5O/c1-17(2)11-4-7-18(8-5-11)13(19)10-3-6-15-12(9-10)16-14/h3,6,9,11H,4-5,7-8,14H2,1-2H3,(H,15,16). The van der Waals surface area contributed by atoms with Crippen LogP contribution in [0, 0.1) is 0 Å². The van der Waals surface area contributed by atoms with Crippen LogP contribution < -0.4 is 11.3 Å². The number of amides is 1. The van der Waals surface area contributed by atoms with Gasteiger partial charge in [0.15, 0.2) is 0 Å². The van der Waals surface area contributed by atoms with Gasteiger partial charge in [-0.1, -0.05) is 0 Å². The smallest absolute Gasteiger partial charge is 0.254 e. The Kier molecular flexibility index (Phi) is 4.34. The second kappa shape index (κ2) is 5.99. The molecule has 19 heavy (non-hydrogen) atoms. The van der Waals surface area contributed by atoms with Gasteiger partial charge in [0, 0.05) is 30.9 Å². The summed E-state index contributed by atoms with van der Waals surface area (Å²) in [5.41, 5.74) is 3.09. The van der Waals surface area contributed by atoms with Gasteiger partial charge in [0.25, 0.3) is 5.91 Å². The maximum atomic E-state index is 12.4. The molecule has 0 saturated carbocycles. The number of pyridine rings is 1. The van der Waals surface area contributed by atoms with Crippen molar-refractivity contribution in [1.82, 2.24) is 14.8 Å². The first kappa shape index (κ1) is 13.8. The molecule has 0 aromatic carbocycles. The van der Waals surface area contributed by atoms with Gasteiger partial charge in [-0.05, 0) is 39.1 Å². The Morgan fingerprint density at radius 3 is 2.74 bits per heavy atom. The minimum absolute atomic E-state index is 0.0520. The topological polar surface area (TPSA) is 74.5 Å². The SMILES string of the molecule is CN(C)C1CCN(C(=O)c2ccnc(NN)c2)CC1. The van der Waals surface area contributed by atoms with Crippen molar-refractivity contribution in [2.45, 2.75) is 18.9 Å². The molecule has 3 N–H and O–H groups in total. The van der Waals surface area contributed by atoms with Crippen molar-refractivity contribution in [3.63, 3.8) is 0 Å². The summed E-state index contributed by atoms with van der Waals surface area (Å²) in [5.74, 6) is 5.87. The van der Waals surface area contributed by atoms with Crippen LogP contribution in [0.3, 0.4) is 0 Å². The first-order chi connectivity index (χ1) is 9.11. The van der Waals surface area contributed by atoms with E-state index in [1.807, 2.05) is 4.90 Å². The maximum absolute atomic E-state index is 12.4. The minimum atomic E-state index is 0.0520. The zero-order chi connectivity index (χ0) is 13.8. The zero-order valence-electron chi connectivity index (χ0n) is 11.5. The van der Waals surface area contributed by atoms with E-state index in [1.165, 1.54) is 0 Å². The third-order valence-electron chi connectivity index (χ3n) is 3.64. The van der Waals surface area contributed by atoms with Crippen molar-refractivity contribution in [3.8, 4) is 0 Å². The summed E-state index contributed by atoms with van der Waals surface area (Å²) < 4.78 is 0. The van der Waals surface area contributed by atoms with Crippen LogP contribution in [0.4, 0.5) is 5.82 Å². The fourth-order valence-corrected chi connectivity index (χ4v) is 2.41. The summed E-state index contributed by atoms with van der Waals surface area (Å²) in [6.45, 7) is 1.60. The van der Waals surface area contributed by atoms with E-state index in [4.69, 9.17) is 5.84 Å². The number of rotatable bonds is 3. The van der Waals surface area contributed by atoms with E-state index in [9.17, 15) is 4.79 Å². The van der Waals surface area contributed by atoms with Crippen LogP contribution in [0.1, 0.15) is 23.2 Å². The number of aromatic nitrogens is 1. The van der Waals surface area contributed by atoms with Gasteiger partial charge < -0.3 is 15.2 Å². The summed E-state index contributed by atoms with van der Waals surface area (Å²) in [5, 5.41) is 0.